The molecule has 6 heteroatoms. The fraction of sp³-hybridized carbons (Fsp3) is 0.667. The molecule has 7 rings (SSSR count). The van der Waals surface area contributed by atoms with Gasteiger partial charge in [-0.1, -0.05) is 19.3 Å². The molecule has 0 spiro atoms. The van der Waals surface area contributed by atoms with Crippen LogP contribution >= 0.6 is 0 Å². The third-order valence-corrected chi connectivity index (χ3v) is 9.44. The van der Waals surface area contributed by atoms with E-state index in [2.05, 4.69) is 22.0 Å². The Bertz CT molecular complexity index is 1070. The molecule has 1 unspecified atom stereocenters. The lowest BCUT2D eigenvalue weighted by Gasteiger charge is -2.57. The largest absolute Gasteiger partial charge is 0.464 e. The molecule has 5 aliphatic rings. The second-order valence-corrected chi connectivity index (χ2v) is 12.2. The van der Waals surface area contributed by atoms with Gasteiger partial charge in [0.25, 0.3) is 0 Å². The van der Waals surface area contributed by atoms with Gasteiger partial charge in [-0.15, -0.1) is 0 Å². The van der Waals surface area contributed by atoms with E-state index < -0.39 is 0 Å². The van der Waals surface area contributed by atoms with Gasteiger partial charge in [-0.05, 0) is 100 Å². The molecule has 1 aromatic heterocycles. The summed E-state index contributed by atoms with van der Waals surface area (Å²) in [6.07, 6.45) is 17.8. The van der Waals surface area contributed by atoms with E-state index >= 15 is 0 Å². The van der Waals surface area contributed by atoms with Crippen molar-refractivity contribution >= 4 is 28.5 Å². The van der Waals surface area contributed by atoms with Crippen LogP contribution in [-0.2, 0) is 9.59 Å². The molecule has 6 nitrogen and oxygen atoms in total. The fourth-order valence-corrected chi connectivity index (χ4v) is 8.11. The van der Waals surface area contributed by atoms with Gasteiger partial charge in [0, 0.05) is 35.1 Å². The van der Waals surface area contributed by atoms with Gasteiger partial charge >= 0.3 is 0 Å². The second kappa shape index (κ2) is 10.2. The highest BCUT2D eigenvalue weighted by molar-refractivity contribution is 6.02. The Balaban J connectivity index is 0.897. The molecule has 3 N–H and O–H groups in total. The summed E-state index contributed by atoms with van der Waals surface area (Å²) in [7, 11) is 0. The SMILES string of the molecule is O=C1CCC(c2coc3ccc(NCCCCCCCNC45CC6CC(CC(C6)C4)C5)cc23)C(=O)N1. The topological polar surface area (TPSA) is 83.4 Å². The van der Waals surface area contributed by atoms with Crippen LogP contribution in [0.1, 0.15) is 95.0 Å². The highest BCUT2D eigenvalue weighted by atomic mass is 16.3. The normalized spacial score (nSPS) is 31.2. The van der Waals surface area contributed by atoms with E-state index in [-0.39, 0.29) is 17.7 Å². The van der Waals surface area contributed by atoms with Gasteiger partial charge in [0.05, 0.1) is 12.2 Å². The molecule has 4 saturated carbocycles. The minimum Gasteiger partial charge on any atom is -0.464 e. The van der Waals surface area contributed by atoms with Crippen molar-refractivity contribution in [3.63, 3.8) is 0 Å². The van der Waals surface area contributed by atoms with Crippen molar-refractivity contribution in [3.05, 3.63) is 30.0 Å². The molecule has 1 aromatic carbocycles. The number of imide groups is 1. The Hall–Kier alpha value is -2.34. The lowest BCUT2D eigenvalue weighted by molar-refractivity contribution is -0.134. The summed E-state index contributed by atoms with van der Waals surface area (Å²) in [5, 5.41) is 11.0. The monoisotopic (exact) mass is 491 g/mol. The lowest BCUT2D eigenvalue weighted by atomic mass is 9.53. The minimum atomic E-state index is -0.323. The Morgan fingerprint density at radius 3 is 2.33 bits per heavy atom. The number of carbonyl (C=O) groups excluding carboxylic acids is 2. The summed E-state index contributed by atoms with van der Waals surface area (Å²) in [5.41, 5.74) is 3.22. The molecule has 1 atom stereocenters. The van der Waals surface area contributed by atoms with Crippen LogP contribution in [-0.4, -0.2) is 30.4 Å². The molecular formula is C30H41N3O3. The maximum atomic E-state index is 12.3. The van der Waals surface area contributed by atoms with Gasteiger partial charge < -0.3 is 15.1 Å². The Kier molecular flexibility index (Phi) is 6.80. The second-order valence-electron chi connectivity index (χ2n) is 12.2. The first-order chi connectivity index (χ1) is 17.6. The molecule has 1 aliphatic heterocycles. The molecule has 2 aromatic rings. The number of hydrogen-bond donors (Lipinski definition) is 3. The van der Waals surface area contributed by atoms with Gasteiger partial charge in [0.2, 0.25) is 11.8 Å². The number of piperidine rings is 1. The lowest BCUT2D eigenvalue weighted by Crippen LogP contribution is -2.58. The highest BCUT2D eigenvalue weighted by Gasteiger charge is 2.50. The molecule has 2 heterocycles. The van der Waals surface area contributed by atoms with E-state index in [0.29, 0.717) is 18.4 Å². The number of carbonyl (C=O) groups is 2. The van der Waals surface area contributed by atoms with Crippen molar-refractivity contribution in [1.29, 1.82) is 0 Å². The third kappa shape index (κ3) is 5.06. The number of rotatable bonds is 11. The maximum absolute atomic E-state index is 12.3. The number of fused-ring (bicyclic) bond motifs is 1. The molecule has 2 amide bonds. The smallest absolute Gasteiger partial charge is 0.234 e. The summed E-state index contributed by atoms with van der Waals surface area (Å²) in [6.45, 7) is 2.15. The Morgan fingerprint density at radius 1 is 0.917 bits per heavy atom. The summed E-state index contributed by atoms with van der Waals surface area (Å²) < 4.78 is 5.69. The van der Waals surface area contributed by atoms with Gasteiger partial charge in [0.15, 0.2) is 0 Å². The van der Waals surface area contributed by atoms with Crippen LogP contribution in [0.15, 0.2) is 28.9 Å². The molecule has 1 saturated heterocycles. The van der Waals surface area contributed by atoms with Gasteiger partial charge in [-0.3, -0.25) is 14.9 Å². The highest BCUT2D eigenvalue weighted by Crippen LogP contribution is 2.55. The summed E-state index contributed by atoms with van der Waals surface area (Å²) in [5.74, 6) is 2.33. The fourth-order valence-electron chi connectivity index (χ4n) is 8.11. The number of nitrogens with one attached hydrogen (secondary N) is 3. The van der Waals surface area contributed by atoms with Crippen LogP contribution < -0.4 is 16.0 Å². The summed E-state index contributed by atoms with van der Waals surface area (Å²) in [6, 6.07) is 6.08. The predicted molar refractivity (Wildman–Crippen MR) is 142 cm³/mol. The van der Waals surface area contributed by atoms with Crippen molar-refractivity contribution in [2.75, 3.05) is 18.4 Å². The molecule has 0 radical (unpaired) electrons. The molecule has 4 aliphatic carbocycles. The third-order valence-electron chi connectivity index (χ3n) is 9.44. The number of hydrogen-bond acceptors (Lipinski definition) is 5. The summed E-state index contributed by atoms with van der Waals surface area (Å²) in [4.78, 5) is 23.8. The minimum absolute atomic E-state index is 0.190. The predicted octanol–water partition coefficient (Wildman–Crippen LogP) is 5.87. The van der Waals surface area contributed by atoms with Crippen LogP contribution in [0, 0.1) is 17.8 Å². The average Bonchev–Trinajstić information content (AvgIpc) is 3.25. The van der Waals surface area contributed by atoms with Gasteiger partial charge in [0.1, 0.15) is 5.58 Å². The first-order valence-electron chi connectivity index (χ1n) is 14.4. The summed E-state index contributed by atoms with van der Waals surface area (Å²) >= 11 is 0. The van der Waals surface area contributed by atoms with E-state index in [9.17, 15) is 9.59 Å². The molecule has 4 bridgehead atoms. The van der Waals surface area contributed by atoms with Crippen molar-refractivity contribution in [2.24, 2.45) is 17.8 Å². The van der Waals surface area contributed by atoms with E-state index in [1.165, 1.54) is 70.8 Å². The number of anilines is 1. The standard InChI is InChI=1S/C30H41N3O3/c34-28-9-7-24(29(35)33-28)26-19-36-27-8-6-23(15-25(26)27)31-10-4-2-1-3-5-11-32-30-16-20-12-21(17-30)14-22(13-20)18-30/h6,8,15,19-22,24,31-32H,1-5,7,9-14,16-18H2,(H,33,34,35). The van der Waals surface area contributed by atoms with Crippen molar-refractivity contribution in [3.8, 4) is 0 Å². The van der Waals surface area contributed by atoms with Crippen molar-refractivity contribution in [2.45, 2.75) is 94.9 Å². The number of benzene rings is 1. The Morgan fingerprint density at radius 2 is 1.61 bits per heavy atom. The molecular weight excluding hydrogens is 450 g/mol. The van der Waals surface area contributed by atoms with E-state index in [4.69, 9.17) is 4.42 Å². The molecule has 36 heavy (non-hydrogen) atoms. The molecule has 194 valence electrons. The number of unbranched alkanes of at least 4 members (excludes halogenated alkanes) is 4. The quantitative estimate of drug-likeness (QED) is 0.270. The first kappa shape index (κ1) is 24.0. The zero-order chi connectivity index (χ0) is 24.5. The maximum Gasteiger partial charge on any atom is 0.234 e. The van der Waals surface area contributed by atoms with Gasteiger partial charge in [-0.2, -0.15) is 0 Å². The average molecular weight is 492 g/mol. The van der Waals surface area contributed by atoms with Crippen LogP contribution in [0.25, 0.3) is 11.0 Å². The zero-order valence-corrected chi connectivity index (χ0v) is 21.5. The van der Waals surface area contributed by atoms with Gasteiger partial charge in [-0.25, -0.2) is 0 Å². The van der Waals surface area contributed by atoms with Crippen LogP contribution in [0.2, 0.25) is 0 Å². The van der Waals surface area contributed by atoms with E-state index in [1.807, 2.05) is 12.1 Å². The van der Waals surface area contributed by atoms with Crippen LogP contribution in [0.4, 0.5) is 5.69 Å². The Labute approximate surface area is 214 Å². The van der Waals surface area contributed by atoms with Crippen LogP contribution in [0.3, 0.4) is 0 Å². The van der Waals surface area contributed by atoms with Crippen molar-refractivity contribution < 1.29 is 14.0 Å². The van der Waals surface area contributed by atoms with E-state index in [0.717, 1.165) is 52.9 Å². The number of amides is 2. The van der Waals surface area contributed by atoms with Crippen LogP contribution in [0.5, 0.6) is 0 Å². The first-order valence-corrected chi connectivity index (χ1v) is 14.4. The van der Waals surface area contributed by atoms with E-state index in [1.54, 1.807) is 6.26 Å². The molecule has 5 fully saturated rings. The van der Waals surface area contributed by atoms with Crippen molar-refractivity contribution in [1.82, 2.24) is 10.6 Å². The number of furan rings is 1. The zero-order valence-electron chi connectivity index (χ0n) is 21.5.